The minimum absolute atomic E-state index is 0.168. The van der Waals surface area contributed by atoms with Crippen molar-refractivity contribution in [1.82, 2.24) is 0 Å². The minimum Gasteiger partial charge on any atom is -0.427 e. The fourth-order valence-corrected chi connectivity index (χ4v) is 13.1. The first kappa shape index (κ1) is 46.5. The first-order valence-corrected chi connectivity index (χ1v) is 26.2. The molecule has 0 saturated carbocycles. The van der Waals surface area contributed by atoms with Crippen molar-refractivity contribution in [2.45, 2.75) is 59.5 Å². The van der Waals surface area contributed by atoms with E-state index in [-0.39, 0.29) is 11.1 Å². The first-order valence-electron chi connectivity index (χ1n) is 24.1. The van der Waals surface area contributed by atoms with Crippen molar-refractivity contribution in [3.05, 3.63) is 247 Å². The van der Waals surface area contributed by atoms with Crippen LogP contribution in [0.4, 0.5) is 68.2 Å². The summed E-state index contributed by atoms with van der Waals surface area (Å²) in [7, 11) is -2.81. The summed E-state index contributed by atoms with van der Waals surface area (Å²) in [6, 6.07) is 82.5. The largest absolute Gasteiger partial charge is 0.427 e. The van der Waals surface area contributed by atoms with Crippen molar-refractivity contribution in [3.63, 3.8) is 0 Å². The van der Waals surface area contributed by atoms with Crippen molar-refractivity contribution in [1.29, 1.82) is 0 Å². The molecule has 9 aromatic rings. The van der Waals surface area contributed by atoms with Crippen molar-refractivity contribution in [2.75, 3.05) is 19.6 Å². The van der Waals surface area contributed by atoms with Gasteiger partial charge in [0.1, 0.15) is 0 Å². The van der Waals surface area contributed by atoms with Gasteiger partial charge >= 0.3 is 0 Å². The van der Waals surface area contributed by atoms with Crippen molar-refractivity contribution in [3.8, 4) is 0 Å². The van der Waals surface area contributed by atoms with Crippen LogP contribution in [0.2, 0.25) is 11.1 Å². The smallest absolute Gasteiger partial charge is 0.225 e. The molecule has 0 aliphatic carbocycles. The lowest BCUT2D eigenvalue weighted by Crippen LogP contribution is -2.53. The van der Waals surface area contributed by atoms with E-state index in [1.165, 1.54) is 16.7 Å². The van der Waals surface area contributed by atoms with Crippen LogP contribution in [0.15, 0.2) is 231 Å². The summed E-state index contributed by atoms with van der Waals surface area (Å²) in [6.45, 7) is 15.1. The third kappa shape index (κ3) is 9.86. The Kier molecular flexibility index (Phi) is 13.7. The zero-order chi connectivity index (χ0) is 48.1. The molecule has 344 valence electrons. The maximum absolute atomic E-state index is 12.3. The normalized spacial score (nSPS) is 11.4. The topological polar surface area (TPSA) is 33.2 Å². The van der Waals surface area contributed by atoms with Gasteiger partial charge < -0.3 is 24.4 Å². The van der Waals surface area contributed by atoms with Crippen molar-refractivity contribution < 1.29 is 4.80 Å². The molecule has 6 heteroatoms. The van der Waals surface area contributed by atoms with E-state index < -0.39 is 8.32 Å². The van der Waals surface area contributed by atoms with Crippen molar-refractivity contribution >= 4 is 81.8 Å². The first-order chi connectivity index (χ1) is 33.5. The lowest BCUT2D eigenvalue weighted by atomic mass is 10.1. The van der Waals surface area contributed by atoms with E-state index in [9.17, 15) is 4.80 Å². The number of nitrogens with zero attached hydrogens (tertiary/aromatic N) is 4. The molecule has 0 unspecified atom stereocenters. The fourth-order valence-electron chi connectivity index (χ4n) is 9.72. The predicted octanol–water partition coefficient (Wildman–Crippen LogP) is 17.5. The zero-order valence-corrected chi connectivity index (χ0v) is 41.8. The zero-order valence-electron chi connectivity index (χ0n) is 40.8. The SMILES string of the molecule is Cc1cccc(N(c2ccccc2)c2ccc(N(c3ccc(N(c4ccccc4)c4cccc(C)c4)cc3)c3ccc(N(c4cccc(C)c4)c4cccc([Si](O)(C(C)C)C(C)C)c4)cc3)cc2)c1. The average Bonchev–Trinajstić information content (AvgIpc) is 3.36. The van der Waals surface area contributed by atoms with E-state index in [0.29, 0.717) is 0 Å². The summed E-state index contributed by atoms with van der Waals surface area (Å²) in [6.07, 6.45) is 0. The summed E-state index contributed by atoms with van der Waals surface area (Å²) in [5.74, 6) is 0. The number of hydrogen-bond donors (Lipinski definition) is 1. The van der Waals surface area contributed by atoms with E-state index in [1.54, 1.807) is 0 Å². The van der Waals surface area contributed by atoms with Gasteiger partial charge in [-0.2, -0.15) is 0 Å². The summed E-state index contributed by atoms with van der Waals surface area (Å²) in [5, 5.41) is 1.05. The van der Waals surface area contributed by atoms with Gasteiger partial charge in [0.2, 0.25) is 8.32 Å². The maximum atomic E-state index is 12.3. The highest BCUT2D eigenvalue weighted by molar-refractivity contribution is 6.87. The highest BCUT2D eigenvalue weighted by Crippen LogP contribution is 2.43. The van der Waals surface area contributed by atoms with Gasteiger partial charge in [0.05, 0.1) is 0 Å². The monoisotopic (exact) mass is 918 g/mol. The Balaban J connectivity index is 1.15. The van der Waals surface area contributed by atoms with Gasteiger partial charge in [0, 0.05) is 68.2 Å². The Morgan fingerprint density at radius 3 is 0.797 bits per heavy atom. The lowest BCUT2D eigenvalue weighted by molar-refractivity contribution is 0.513. The number of hydrogen-bond acceptors (Lipinski definition) is 5. The van der Waals surface area contributed by atoms with E-state index in [4.69, 9.17) is 0 Å². The Hall–Kier alpha value is -7.64. The molecule has 0 heterocycles. The van der Waals surface area contributed by atoms with Crippen LogP contribution in [-0.4, -0.2) is 13.1 Å². The standard InChI is InChI=1S/C63H62N4OSi/c1-46(2)69(68,47(3)4)63-29-17-28-62(45-63)67(61-27-16-20-50(7)44-61)58-40-34-55(35-41-58)64(53-30-36-56(37-31-53)65(51-21-10-8-11-22-51)59-25-14-18-48(5)42-59)54-32-38-57(39-33-54)66(52-23-12-9-13-24-52)60-26-15-19-49(6)43-60/h8-47,68H,1-7H3. The molecule has 0 atom stereocenters. The second-order valence-electron chi connectivity index (χ2n) is 18.8. The average molecular weight is 919 g/mol. The molecule has 9 rings (SSSR count). The van der Waals surface area contributed by atoms with E-state index in [2.05, 4.69) is 299 Å². The third-order valence-corrected chi connectivity index (χ3v) is 18.0. The molecule has 0 aliphatic rings. The van der Waals surface area contributed by atoms with Gasteiger partial charge in [-0.05, 0) is 199 Å². The number of aryl methyl sites for hydroxylation is 3. The summed E-state index contributed by atoms with van der Waals surface area (Å²) in [4.78, 5) is 21.6. The van der Waals surface area contributed by atoms with Crippen LogP contribution in [0, 0.1) is 20.8 Å². The molecule has 1 N–H and O–H groups in total. The van der Waals surface area contributed by atoms with E-state index >= 15 is 0 Å². The van der Waals surface area contributed by atoms with Crippen LogP contribution in [0.5, 0.6) is 0 Å². The molecule has 5 nitrogen and oxygen atoms in total. The highest BCUT2D eigenvalue weighted by Gasteiger charge is 2.41. The van der Waals surface area contributed by atoms with Crippen LogP contribution >= 0.6 is 0 Å². The number of para-hydroxylation sites is 2. The van der Waals surface area contributed by atoms with E-state index in [0.717, 1.165) is 73.4 Å². The second kappa shape index (κ2) is 20.3. The molecule has 69 heavy (non-hydrogen) atoms. The Morgan fingerprint density at radius 2 is 0.507 bits per heavy atom. The molecule has 0 bridgehead atoms. The maximum Gasteiger partial charge on any atom is 0.225 e. The lowest BCUT2D eigenvalue weighted by Gasteiger charge is -2.35. The second-order valence-corrected chi connectivity index (χ2v) is 23.3. The van der Waals surface area contributed by atoms with Gasteiger partial charge in [0.15, 0.2) is 0 Å². The van der Waals surface area contributed by atoms with Crippen LogP contribution < -0.4 is 24.8 Å². The van der Waals surface area contributed by atoms with Gasteiger partial charge in [-0.25, -0.2) is 0 Å². The summed E-state index contributed by atoms with van der Waals surface area (Å²) >= 11 is 0. The van der Waals surface area contributed by atoms with Gasteiger partial charge in [-0.15, -0.1) is 0 Å². The van der Waals surface area contributed by atoms with Gasteiger partial charge in [-0.3, -0.25) is 0 Å². The van der Waals surface area contributed by atoms with Crippen LogP contribution in [-0.2, 0) is 0 Å². The fraction of sp³-hybridized carbons (Fsp3) is 0.143. The molecule has 0 aliphatic heterocycles. The van der Waals surface area contributed by atoms with Crippen LogP contribution in [0.1, 0.15) is 44.4 Å². The molecule has 9 aromatic carbocycles. The number of anilines is 12. The van der Waals surface area contributed by atoms with Crippen LogP contribution in [0.25, 0.3) is 0 Å². The van der Waals surface area contributed by atoms with E-state index in [1.807, 2.05) is 0 Å². The Morgan fingerprint density at radius 1 is 0.275 bits per heavy atom. The van der Waals surface area contributed by atoms with Gasteiger partial charge in [0.25, 0.3) is 0 Å². The highest BCUT2D eigenvalue weighted by atomic mass is 28.4. The molecular weight excluding hydrogens is 857 g/mol. The van der Waals surface area contributed by atoms with Crippen molar-refractivity contribution in [2.24, 2.45) is 0 Å². The Labute approximate surface area is 411 Å². The van der Waals surface area contributed by atoms with Crippen LogP contribution in [0.3, 0.4) is 0 Å². The molecule has 0 saturated heterocycles. The molecule has 0 spiro atoms. The predicted molar refractivity (Wildman–Crippen MR) is 297 cm³/mol. The minimum atomic E-state index is -2.81. The number of benzene rings is 9. The molecule has 0 fully saturated rings. The third-order valence-electron chi connectivity index (χ3n) is 13.2. The molecule has 0 amide bonds. The summed E-state index contributed by atoms with van der Waals surface area (Å²) < 4.78 is 0. The van der Waals surface area contributed by atoms with Gasteiger partial charge in [-0.1, -0.05) is 113 Å². The molecular formula is C63H62N4OSi. The quantitative estimate of drug-likeness (QED) is 0.104. The summed E-state index contributed by atoms with van der Waals surface area (Å²) in [5.41, 5.74) is 16.7. The number of rotatable bonds is 15. The Bertz CT molecular complexity index is 2980. The molecule has 0 aromatic heterocycles. The molecule has 0 radical (unpaired) electrons.